The maximum atomic E-state index is 5.29. The van der Waals surface area contributed by atoms with Gasteiger partial charge in [0.15, 0.2) is 0 Å². The minimum atomic E-state index is 0.551. The van der Waals surface area contributed by atoms with Crippen LogP contribution in [0.5, 0.6) is 5.75 Å². The molecule has 0 bridgehead atoms. The number of imidazole rings is 1. The molecule has 1 heterocycles. The zero-order chi connectivity index (χ0) is 13.8. The third-order valence-electron chi connectivity index (χ3n) is 3.91. The molecule has 1 aromatic heterocycles. The highest BCUT2D eigenvalue weighted by Gasteiger charge is 2.15. The Morgan fingerprint density at radius 1 is 1.25 bits per heavy atom. The van der Waals surface area contributed by atoms with Crippen molar-refractivity contribution in [2.24, 2.45) is 0 Å². The van der Waals surface area contributed by atoms with Crippen molar-refractivity contribution in [3.05, 3.63) is 36.7 Å². The Labute approximate surface area is 119 Å². The van der Waals surface area contributed by atoms with Crippen molar-refractivity contribution >= 4 is 5.95 Å². The van der Waals surface area contributed by atoms with E-state index in [0.29, 0.717) is 6.04 Å². The largest absolute Gasteiger partial charge is 0.497 e. The second-order valence-electron chi connectivity index (χ2n) is 5.30. The lowest BCUT2D eigenvalue weighted by atomic mass is 9.96. The monoisotopic (exact) mass is 271 g/mol. The Kier molecular flexibility index (Phi) is 3.90. The normalized spacial score (nSPS) is 16.1. The Balaban J connectivity index is 1.81. The SMILES string of the molecule is COc1cccc(-n2ccnc2NC2CCCCC2)c1. The van der Waals surface area contributed by atoms with Crippen molar-refractivity contribution in [1.82, 2.24) is 9.55 Å². The number of nitrogens with zero attached hydrogens (tertiary/aromatic N) is 2. The number of rotatable bonds is 4. The van der Waals surface area contributed by atoms with Crippen molar-refractivity contribution in [1.29, 1.82) is 0 Å². The fourth-order valence-electron chi connectivity index (χ4n) is 2.81. The molecule has 20 heavy (non-hydrogen) atoms. The van der Waals surface area contributed by atoms with Crippen molar-refractivity contribution in [2.75, 3.05) is 12.4 Å². The molecule has 0 unspecified atom stereocenters. The van der Waals surface area contributed by atoms with Gasteiger partial charge in [-0.1, -0.05) is 25.3 Å². The lowest BCUT2D eigenvalue weighted by Gasteiger charge is -2.23. The second-order valence-corrected chi connectivity index (χ2v) is 5.30. The van der Waals surface area contributed by atoms with Gasteiger partial charge in [-0.25, -0.2) is 4.98 Å². The van der Waals surface area contributed by atoms with E-state index in [1.165, 1.54) is 32.1 Å². The summed E-state index contributed by atoms with van der Waals surface area (Å²) in [7, 11) is 1.69. The van der Waals surface area contributed by atoms with Crippen LogP contribution in [-0.2, 0) is 0 Å². The average molecular weight is 271 g/mol. The molecule has 4 heteroatoms. The molecule has 0 saturated heterocycles. The number of hydrogen-bond donors (Lipinski definition) is 1. The smallest absolute Gasteiger partial charge is 0.207 e. The van der Waals surface area contributed by atoms with Crippen LogP contribution < -0.4 is 10.1 Å². The van der Waals surface area contributed by atoms with Crippen molar-refractivity contribution in [2.45, 2.75) is 38.1 Å². The van der Waals surface area contributed by atoms with E-state index in [1.807, 2.05) is 30.6 Å². The molecule has 1 aromatic carbocycles. The first-order valence-electron chi connectivity index (χ1n) is 7.31. The highest BCUT2D eigenvalue weighted by Crippen LogP contribution is 2.23. The van der Waals surface area contributed by atoms with E-state index in [4.69, 9.17) is 4.74 Å². The quantitative estimate of drug-likeness (QED) is 0.923. The van der Waals surface area contributed by atoms with E-state index < -0.39 is 0 Å². The van der Waals surface area contributed by atoms with Gasteiger partial charge in [0.1, 0.15) is 5.75 Å². The van der Waals surface area contributed by atoms with Gasteiger partial charge in [0.2, 0.25) is 5.95 Å². The summed E-state index contributed by atoms with van der Waals surface area (Å²) < 4.78 is 7.37. The highest BCUT2D eigenvalue weighted by molar-refractivity contribution is 5.45. The fourth-order valence-corrected chi connectivity index (χ4v) is 2.81. The van der Waals surface area contributed by atoms with Crippen LogP contribution in [0.3, 0.4) is 0 Å². The number of methoxy groups -OCH3 is 1. The average Bonchev–Trinajstić information content (AvgIpc) is 2.96. The first kappa shape index (κ1) is 13.0. The molecular weight excluding hydrogens is 250 g/mol. The summed E-state index contributed by atoms with van der Waals surface area (Å²) in [5.41, 5.74) is 1.07. The molecular formula is C16H21N3O. The Morgan fingerprint density at radius 2 is 2.10 bits per heavy atom. The van der Waals surface area contributed by atoms with E-state index in [-0.39, 0.29) is 0 Å². The van der Waals surface area contributed by atoms with Gasteiger partial charge in [0.25, 0.3) is 0 Å². The Bertz CT molecular complexity index is 558. The molecule has 0 spiro atoms. The molecule has 106 valence electrons. The summed E-state index contributed by atoms with van der Waals surface area (Å²) in [6, 6.07) is 8.59. The molecule has 1 aliphatic carbocycles. The minimum absolute atomic E-state index is 0.551. The number of aromatic nitrogens is 2. The minimum Gasteiger partial charge on any atom is -0.497 e. The third kappa shape index (κ3) is 2.79. The zero-order valence-corrected chi connectivity index (χ0v) is 11.9. The lowest BCUT2D eigenvalue weighted by molar-refractivity contribution is 0.414. The summed E-state index contributed by atoms with van der Waals surface area (Å²) >= 11 is 0. The molecule has 0 amide bonds. The van der Waals surface area contributed by atoms with Crippen LogP contribution in [0.25, 0.3) is 5.69 Å². The molecule has 1 N–H and O–H groups in total. The van der Waals surface area contributed by atoms with E-state index in [1.54, 1.807) is 7.11 Å². The van der Waals surface area contributed by atoms with Gasteiger partial charge >= 0.3 is 0 Å². The summed E-state index contributed by atoms with van der Waals surface area (Å²) in [6.45, 7) is 0. The predicted octanol–water partition coefficient (Wildman–Crippen LogP) is 3.63. The molecule has 3 rings (SSSR count). The molecule has 4 nitrogen and oxygen atoms in total. The molecule has 2 aromatic rings. The van der Waals surface area contributed by atoms with Crippen molar-refractivity contribution < 1.29 is 4.74 Å². The molecule has 1 saturated carbocycles. The van der Waals surface area contributed by atoms with E-state index in [0.717, 1.165) is 17.4 Å². The van der Waals surface area contributed by atoms with Crippen LogP contribution in [0.1, 0.15) is 32.1 Å². The Morgan fingerprint density at radius 3 is 2.90 bits per heavy atom. The maximum absolute atomic E-state index is 5.29. The molecule has 1 aliphatic rings. The van der Waals surface area contributed by atoms with Gasteiger partial charge in [-0.3, -0.25) is 4.57 Å². The van der Waals surface area contributed by atoms with Crippen LogP contribution in [0.2, 0.25) is 0 Å². The standard InChI is InChI=1S/C16H21N3O/c1-20-15-9-5-8-14(12-15)19-11-10-17-16(19)18-13-6-3-2-4-7-13/h5,8-13H,2-4,6-7H2,1H3,(H,17,18). The summed E-state index contributed by atoms with van der Waals surface area (Å²) in [5, 5.41) is 3.58. The number of anilines is 1. The van der Waals surface area contributed by atoms with Crippen LogP contribution >= 0.6 is 0 Å². The summed E-state index contributed by atoms with van der Waals surface area (Å²) in [6.07, 6.45) is 10.3. The van der Waals surface area contributed by atoms with Crippen LogP contribution in [0, 0.1) is 0 Å². The van der Waals surface area contributed by atoms with Crippen molar-refractivity contribution in [3.8, 4) is 11.4 Å². The third-order valence-corrected chi connectivity index (χ3v) is 3.91. The van der Waals surface area contributed by atoms with E-state index >= 15 is 0 Å². The molecule has 1 fully saturated rings. The van der Waals surface area contributed by atoms with Crippen LogP contribution in [-0.4, -0.2) is 22.7 Å². The van der Waals surface area contributed by atoms with Gasteiger partial charge in [0, 0.05) is 24.5 Å². The van der Waals surface area contributed by atoms with E-state index in [9.17, 15) is 0 Å². The van der Waals surface area contributed by atoms with Gasteiger partial charge in [-0.05, 0) is 25.0 Å². The predicted molar refractivity (Wildman–Crippen MR) is 80.6 cm³/mol. The van der Waals surface area contributed by atoms with Gasteiger partial charge < -0.3 is 10.1 Å². The van der Waals surface area contributed by atoms with E-state index in [2.05, 4.69) is 20.9 Å². The number of nitrogens with one attached hydrogen (secondary N) is 1. The molecule has 0 aliphatic heterocycles. The van der Waals surface area contributed by atoms with Gasteiger partial charge in [-0.2, -0.15) is 0 Å². The summed E-state index contributed by atoms with van der Waals surface area (Å²) in [5.74, 6) is 1.78. The maximum Gasteiger partial charge on any atom is 0.207 e. The summed E-state index contributed by atoms with van der Waals surface area (Å²) in [4.78, 5) is 4.45. The van der Waals surface area contributed by atoms with Gasteiger partial charge in [0.05, 0.1) is 12.8 Å². The lowest BCUT2D eigenvalue weighted by Crippen LogP contribution is -2.24. The molecule has 0 atom stereocenters. The van der Waals surface area contributed by atoms with Gasteiger partial charge in [-0.15, -0.1) is 0 Å². The van der Waals surface area contributed by atoms with Crippen molar-refractivity contribution in [3.63, 3.8) is 0 Å². The fraction of sp³-hybridized carbons (Fsp3) is 0.438. The Hall–Kier alpha value is -1.97. The first-order chi connectivity index (χ1) is 9.86. The first-order valence-corrected chi connectivity index (χ1v) is 7.31. The topological polar surface area (TPSA) is 39.1 Å². The number of ether oxygens (including phenoxy) is 1. The van der Waals surface area contributed by atoms with Crippen LogP contribution in [0.15, 0.2) is 36.7 Å². The zero-order valence-electron chi connectivity index (χ0n) is 11.9. The highest BCUT2D eigenvalue weighted by atomic mass is 16.5. The second kappa shape index (κ2) is 5.99. The number of hydrogen-bond acceptors (Lipinski definition) is 3. The van der Waals surface area contributed by atoms with Crippen LogP contribution in [0.4, 0.5) is 5.95 Å². The molecule has 0 radical (unpaired) electrons. The number of benzene rings is 1.